The molecular formula is C12H16N3O6+. The summed E-state index contributed by atoms with van der Waals surface area (Å²) in [5, 5.41) is 23.2. The summed E-state index contributed by atoms with van der Waals surface area (Å²) < 4.78 is 0. The highest BCUT2D eigenvalue weighted by atomic mass is 16.6. The summed E-state index contributed by atoms with van der Waals surface area (Å²) in [6, 6.07) is 0. The number of ketones is 2. The molecule has 9 heteroatoms. The minimum atomic E-state index is -2.10. The van der Waals surface area contributed by atoms with Crippen LogP contribution in [-0.4, -0.2) is 52.6 Å². The molecule has 9 nitrogen and oxygen atoms in total. The van der Waals surface area contributed by atoms with Crippen LogP contribution in [0, 0.1) is 26.1 Å². The number of rotatable bonds is 4. The molecule has 0 radical (unpaired) electrons. The molecule has 0 spiro atoms. The molecule has 0 aromatic rings. The van der Waals surface area contributed by atoms with Crippen LogP contribution in [0.3, 0.4) is 0 Å². The van der Waals surface area contributed by atoms with E-state index >= 15 is 0 Å². The lowest BCUT2D eigenvalue weighted by Crippen LogP contribution is -3.17. The van der Waals surface area contributed by atoms with Crippen molar-refractivity contribution in [3.05, 3.63) is 32.4 Å². The van der Waals surface area contributed by atoms with E-state index in [2.05, 4.69) is 0 Å². The molecule has 1 unspecified atom stereocenters. The quantitative estimate of drug-likeness (QED) is 0.486. The SMILES string of the molecule is CC(=O)C[C@@H]1[C@]2([N+](=O)[O-])C=CC(=O)[C@@]1([N+](=O)[O-])C[NH+](C)C2. The summed E-state index contributed by atoms with van der Waals surface area (Å²) in [5.74, 6) is -2.43. The van der Waals surface area contributed by atoms with Crippen molar-refractivity contribution < 1.29 is 24.3 Å². The monoisotopic (exact) mass is 298 g/mol. The molecular weight excluding hydrogens is 282 g/mol. The zero-order valence-electron chi connectivity index (χ0n) is 11.7. The van der Waals surface area contributed by atoms with E-state index in [0.29, 0.717) is 4.90 Å². The second-order valence-electron chi connectivity index (χ2n) is 5.90. The molecule has 0 amide bonds. The molecule has 2 rings (SSSR count). The normalized spacial score (nSPS) is 38.1. The first kappa shape index (κ1) is 15.2. The van der Waals surface area contributed by atoms with E-state index in [1.807, 2.05) is 0 Å². The van der Waals surface area contributed by atoms with E-state index in [-0.39, 0.29) is 19.5 Å². The van der Waals surface area contributed by atoms with Gasteiger partial charge in [0.15, 0.2) is 13.1 Å². The summed E-state index contributed by atoms with van der Waals surface area (Å²) in [6.07, 6.45) is 1.72. The molecule has 1 saturated heterocycles. The second kappa shape index (κ2) is 4.69. The van der Waals surface area contributed by atoms with Crippen LogP contribution in [0.5, 0.6) is 0 Å². The first-order chi connectivity index (χ1) is 9.66. The summed E-state index contributed by atoms with van der Waals surface area (Å²) in [5.41, 5.74) is -3.86. The van der Waals surface area contributed by atoms with Crippen molar-refractivity contribution in [1.29, 1.82) is 0 Å². The zero-order valence-corrected chi connectivity index (χ0v) is 11.7. The second-order valence-corrected chi connectivity index (χ2v) is 5.90. The van der Waals surface area contributed by atoms with Crippen molar-refractivity contribution in [1.82, 2.24) is 0 Å². The van der Waals surface area contributed by atoms with Gasteiger partial charge in [-0.05, 0) is 13.0 Å². The third kappa shape index (κ3) is 1.96. The third-order valence-electron chi connectivity index (χ3n) is 4.44. The number of carbonyl (C=O) groups is 2. The molecule has 1 heterocycles. The van der Waals surface area contributed by atoms with Gasteiger partial charge < -0.3 is 9.69 Å². The fourth-order valence-electron chi connectivity index (χ4n) is 3.63. The van der Waals surface area contributed by atoms with Crippen molar-refractivity contribution in [3.8, 4) is 0 Å². The van der Waals surface area contributed by atoms with Gasteiger partial charge in [-0.25, -0.2) is 0 Å². The number of carbonyl (C=O) groups excluding carboxylic acids is 2. The van der Waals surface area contributed by atoms with Crippen molar-refractivity contribution in [2.75, 3.05) is 20.1 Å². The van der Waals surface area contributed by atoms with E-state index < -0.39 is 38.4 Å². The predicted octanol–water partition coefficient (Wildman–Crippen LogP) is -1.72. The molecule has 1 aliphatic heterocycles. The Morgan fingerprint density at radius 1 is 1.38 bits per heavy atom. The van der Waals surface area contributed by atoms with Crippen LogP contribution in [0.4, 0.5) is 0 Å². The maximum absolute atomic E-state index is 12.2. The molecule has 2 bridgehead atoms. The van der Waals surface area contributed by atoms with E-state index in [0.717, 1.165) is 12.2 Å². The van der Waals surface area contributed by atoms with E-state index in [1.54, 1.807) is 7.05 Å². The number of piperidine rings is 1. The van der Waals surface area contributed by atoms with Crippen molar-refractivity contribution in [2.45, 2.75) is 24.4 Å². The highest BCUT2D eigenvalue weighted by Gasteiger charge is 2.76. The molecule has 0 saturated carbocycles. The van der Waals surface area contributed by atoms with Crippen LogP contribution in [0.15, 0.2) is 12.2 Å². The average molecular weight is 298 g/mol. The van der Waals surface area contributed by atoms with Crippen molar-refractivity contribution >= 4 is 11.6 Å². The summed E-state index contributed by atoms with van der Waals surface area (Å²) in [7, 11) is 1.58. The maximum atomic E-state index is 12.2. The number of likely N-dealkylation sites (tertiary alicyclic amines) is 1. The first-order valence-corrected chi connectivity index (χ1v) is 6.50. The lowest BCUT2D eigenvalue weighted by molar-refractivity contribution is -0.927. The number of fused-ring (bicyclic) bond motifs is 2. The number of nitro groups is 2. The Kier molecular flexibility index (Phi) is 3.40. The van der Waals surface area contributed by atoms with Gasteiger partial charge in [0.25, 0.3) is 5.54 Å². The summed E-state index contributed by atoms with van der Waals surface area (Å²) in [4.78, 5) is 46.1. The largest absolute Gasteiger partial charge is 0.340 e. The molecule has 0 aromatic carbocycles. The molecule has 2 aliphatic rings. The zero-order chi connectivity index (χ0) is 16.0. The highest BCUT2D eigenvalue weighted by Crippen LogP contribution is 2.42. The van der Waals surface area contributed by atoms with Crippen LogP contribution in [0.1, 0.15) is 13.3 Å². The van der Waals surface area contributed by atoms with Gasteiger partial charge in [0.1, 0.15) is 11.7 Å². The molecule has 1 fully saturated rings. The Morgan fingerprint density at radius 2 is 2.00 bits per heavy atom. The standard InChI is InChI=1S/C12H15N3O6/c1-8(16)5-9-11(14(18)19)4-3-10(17)12(9,15(20)21)7-13(2)6-11/h3-4,9H,5-7H2,1-2H3/p+1/t9-,11+,12-/m1/s1. The topological polar surface area (TPSA) is 125 Å². The minimum Gasteiger partial charge on any atom is -0.325 e. The molecule has 1 aliphatic carbocycles. The third-order valence-corrected chi connectivity index (χ3v) is 4.44. The van der Waals surface area contributed by atoms with Crippen LogP contribution < -0.4 is 4.90 Å². The van der Waals surface area contributed by atoms with Gasteiger partial charge in [-0.2, -0.15) is 0 Å². The summed E-state index contributed by atoms with van der Waals surface area (Å²) in [6.45, 7) is 1.07. The lowest BCUT2D eigenvalue weighted by atomic mass is 9.61. The minimum absolute atomic E-state index is 0.0112. The Morgan fingerprint density at radius 3 is 2.48 bits per heavy atom. The Bertz CT molecular complexity index is 573. The smallest absolute Gasteiger partial charge is 0.325 e. The van der Waals surface area contributed by atoms with Gasteiger partial charge in [-0.3, -0.25) is 25.0 Å². The summed E-state index contributed by atoms with van der Waals surface area (Å²) >= 11 is 0. The number of quaternary nitrogens is 1. The number of hydrogen-bond donors (Lipinski definition) is 1. The number of nitrogens with one attached hydrogen (secondary N) is 1. The predicted molar refractivity (Wildman–Crippen MR) is 69.0 cm³/mol. The fourth-order valence-corrected chi connectivity index (χ4v) is 3.63. The van der Waals surface area contributed by atoms with E-state index in [9.17, 15) is 29.8 Å². The van der Waals surface area contributed by atoms with Gasteiger partial charge in [0.05, 0.1) is 7.05 Å². The van der Waals surface area contributed by atoms with Crippen molar-refractivity contribution in [2.24, 2.45) is 5.92 Å². The van der Waals surface area contributed by atoms with Crippen LogP contribution in [0.25, 0.3) is 0 Å². The van der Waals surface area contributed by atoms with E-state index in [4.69, 9.17) is 0 Å². The van der Waals surface area contributed by atoms with Crippen LogP contribution >= 0.6 is 0 Å². The number of nitrogens with zero attached hydrogens (tertiary/aromatic N) is 2. The number of likely N-dealkylation sites (N-methyl/N-ethyl adjacent to an activating group) is 1. The molecule has 21 heavy (non-hydrogen) atoms. The van der Waals surface area contributed by atoms with E-state index in [1.165, 1.54) is 6.92 Å². The molecule has 0 aromatic heterocycles. The van der Waals surface area contributed by atoms with Gasteiger partial charge >= 0.3 is 5.54 Å². The molecule has 1 N–H and O–H groups in total. The average Bonchev–Trinajstić information content (AvgIpc) is 2.35. The van der Waals surface area contributed by atoms with Gasteiger partial charge in [-0.1, -0.05) is 0 Å². The van der Waals surface area contributed by atoms with Crippen LogP contribution in [0.2, 0.25) is 0 Å². The Balaban J connectivity index is 2.71. The van der Waals surface area contributed by atoms with Gasteiger partial charge in [-0.15, -0.1) is 0 Å². The lowest BCUT2D eigenvalue weighted by Gasteiger charge is -2.44. The van der Waals surface area contributed by atoms with Gasteiger partial charge in [0.2, 0.25) is 5.78 Å². The Hall–Kier alpha value is -2.16. The first-order valence-electron chi connectivity index (χ1n) is 6.50. The van der Waals surface area contributed by atoms with Crippen LogP contribution in [-0.2, 0) is 9.59 Å². The Labute approximate surface area is 119 Å². The number of hydrogen-bond acceptors (Lipinski definition) is 6. The van der Waals surface area contributed by atoms with Gasteiger partial charge in [0, 0.05) is 22.3 Å². The fraction of sp³-hybridized carbons (Fsp3) is 0.667. The molecule has 114 valence electrons. The van der Waals surface area contributed by atoms with Crippen molar-refractivity contribution in [3.63, 3.8) is 0 Å². The highest BCUT2D eigenvalue weighted by molar-refractivity contribution is 5.99. The maximum Gasteiger partial charge on any atom is 0.340 e. The number of Topliss-reactive ketones (excluding diaryl/α,β-unsaturated/α-hetero) is 1. The molecule has 4 atom stereocenters.